The lowest BCUT2D eigenvalue weighted by molar-refractivity contribution is 0.397. The largest absolute Gasteiger partial charge is 0.212 e. The van der Waals surface area contributed by atoms with Gasteiger partial charge in [-0.15, -0.1) is 0 Å². The fraction of sp³-hybridized carbons (Fsp3) is 1.00. The summed E-state index contributed by atoms with van der Waals surface area (Å²) in [4.78, 5) is 0. The van der Waals surface area contributed by atoms with Gasteiger partial charge in [0.15, 0.2) is 0 Å². The number of nitrogens with one attached hydrogen (secondary N) is 1. The third-order valence-electron chi connectivity index (χ3n) is 2.53. The fourth-order valence-electron chi connectivity index (χ4n) is 1.42. The highest BCUT2D eigenvalue weighted by atomic mass is 79.9. The molecule has 1 N–H and O–H groups in total. The summed E-state index contributed by atoms with van der Waals surface area (Å²) in [5.74, 6) is 0.353. The van der Waals surface area contributed by atoms with Crippen molar-refractivity contribution >= 4 is 26.0 Å². The van der Waals surface area contributed by atoms with Crippen LogP contribution in [-0.2, 0) is 10.0 Å². The lowest BCUT2D eigenvalue weighted by Gasteiger charge is -2.30. The summed E-state index contributed by atoms with van der Waals surface area (Å²) < 4.78 is 26.4. The predicted molar refractivity (Wildman–Crippen MR) is 68.9 cm³/mol. The first-order chi connectivity index (χ1) is 6.81. The topological polar surface area (TPSA) is 46.2 Å². The van der Waals surface area contributed by atoms with Gasteiger partial charge in [-0.25, -0.2) is 13.1 Å². The molecule has 0 rings (SSSR count). The summed E-state index contributed by atoms with van der Waals surface area (Å²) in [5.41, 5.74) is -0.326. The van der Waals surface area contributed by atoms with Crippen molar-refractivity contribution < 1.29 is 8.42 Å². The van der Waals surface area contributed by atoms with Gasteiger partial charge in [-0.3, -0.25) is 0 Å². The third kappa shape index (κ3) is 5.31. The standard InChI is InChI=1S/C10H22BrNO2S/c1-5-10(6-2,8-11)12-15(13,14)7-9(3)4/h9,12H,5-8H2,1-4H3. The SMILES string of the molecule is CCC(CC)(CBr)NS(=O)(=O)CC(C)C. The Kier molecular flexibility index (Phi) is 6.37. The van der Waals surface area contributed by atoms with Crippen molar-refractivity contribution in [3.05, 3.63) is 0 Å². The van der Waals surface area contributed by atoms with Gasteiger partial charge in [0.05, 0.1) is 5.75 Å². The molecule has 0 aromatic rings. The monoisotopic (exact) mass is 299 g/mol. The molecule has 0 aromatic heterocycles. The molecule has 0 amide bonds. The second-order valence-corrected chi connectivity index (χ2v) is 6.73. The van der Waals surface area contributed by atoms with E-state index < -0.39 is 10.0 Å². The quantitative estimate of drug-likeness (QED) is 0.734. The van der Waals surface area contributed by atoms with Gasteiger partial charge < -0.3 is 0 Å². The number of hydrogen-bond acceptors (Lipinski definition) is 2. The highest BCUT2D eigenvalue weighted by molar-refractivity contribution is 9.09. The minimum absolute atomic E-state index is 0.157. The predicted octanol–water partition coefficient (Wildman–Crippen LogP) is 2.52. The second kappa shape index (κ2) is 6.21. The number of rotatable bonds is 7. The van der Waals surface area contributed by atoms with Crippen molar-refractivity contribution in [1.82, 2.24) is 4.72 Å². The molecule has 3 nitrogen and oxygen atoms in total. The summed E-state index contributed by atoms with van der Waals surface area (Å²) in [6.07, 6.45) is 1.60. The van der Waals surface area contributed by atoms with Gasteiger partial charge in [0.1, 0.15) is 0 Å². The van der Waals surface area contributed by atoms with Crippen LogP contribution in [0.25, 0.3) is 0 Å². The molecule has 0 spiro atoms. The lowest BCUT2D eigenvalue weighted by Crippen LogP contribution is -2.50. The Morgan fingerprint density at radius 1 is 1.27 bits per heavy atom. The minimum atomic E-state index is -3.15. The number of hydrogen-bond donors (Lipinski definition) is 1. The van der Waals surface area contributed by atoms with Gasteiger partial charge in [-0.1, -0.05) is 43.6 Å². The zero-order chi connectivity index (χ0) is 12.1. The van der Waals surface area contributed by atoms with E-state index in [0.29, 0.717) is 5.33 Å². The van der Waals surface area contributed by atoms with E-state index in [1.165, 1.54) is 0 Å². The molecule has 15 heavy (non-hydrogen) atoms. The Hall–Kier alpha value is 0.390. The van der Waals surface area contributed by atoms with Crippen molar-refractivity contribution in [3.63, 3.8) is 0 Å². The maximum absolute atomic E-state index is 11.8. The Bertz CT molecular complexity index is 263. The number of sulfonamides is 1. The van der Waals surface area contributed by atoms with Crippen LogP contribution in [-0.4, -0.2) is 25.0 Å². The van der Waals surface area contributed by atoms with E-state index in [1.807, 2.05) is 27.7 Å². The van der Waals surface area contributed by atoms with Gasteiger partial charge in [-0.05, 0) is 18.8 Å². The fourth-order valence-corrected chi connectivity index (χ4v) is 4.52. The summed E-state index contributed by atoms with van der Waals surface area (Å²) in [6, 6.07) is 0. The molecule has 0 aromatic carbocycles. The average Bonchev–Trinajstić information content (AvgIpc) is 2.12. The highest BCUT2D eigenvalue weighted by Crippen LogP contribution is 2.19. The van der Waals surface area contributed by atoms with E-state index in [9.17, 15) is 8.42 Å². The van der Waals surface area contributed by atoms with Gasteiger partial charge in [0.2, 0.25) is 10.0 Å². The molecule has 5 heteroatoms. The van der Waals surface area contributed by atoms with E-state index in [2.05, 4.69) is 20.7 Å². The van der Waals surface area contributed by atoms with E-state index in [4.69, 9.17) is 0 Å². The van der Waals surface area contributed by atoms with Crippen molar-refractivity contribution in [3.8, 4) is 0 Å². The molecule has 0 atom stereocenters. The van der Waals surface area contributed by atoms with Gasteiger partial charge in [0.25, 0.3) is 0 Å². The van der Waals surface area contributed by atoms with E-state index in [0.717, 1.165) is 12.8 Å². The normalized spacial score (nSPS) is 13.5. The van der Waals surface area contributed by atoms with Crippen LogP contribution >= 0.6 is 15.9 Å². The van der Waals surface area contributed by atoms with Gasteiger partial charge in [0, 0.05) is 10.9 Å². The molecule has 0 saturated heterocycles. The molecule has 92 valence electrons. The molecule has 0 fully saturated rings. The molecule has 0 heterocycles. The van der Waals surface area contributed by atoms with Crippen molar-refractivity contribution in [2.24, 2.45) is 5.92 Å². The van der Waals surface area contributed by atoms with E-state index in [-0.39, 0.29) is 17.2 Å². The van der Waals surface area contributed by atoms with Gasteiger partial charge in [-0.2, -0.15) is 0 Å². The maximum Gasteiger partial charge on any atom is 0.212 e. The number of alkyl halides is 1. The first-order valence-corrected chi connectivity index (χ1v) is 8.15. The van der Waals surface area contributed by atoms with Crippen LogP contribution in [0.15, 0.2) is 0 Å². The maximum atomic E-state index is 11.8. The molecule has 0 bridgehead atoms. The van der Waals surface area contributed by atoms with Crippen LogP contribution in [0.5, 0.6) is 0 Å². The van der Waals surface area contributed by atoms with Crippen LogP contribution in [0.4, 0.5) is 0 Å². The zero-order valence-corrected chi connectivity index (χ0v) is 12.4. The van der Waals surface area contributed by atoms with Gasteiger partial charge >= 0.3 is 0 Å². The first kappa shape index (κ1) is 15.4. The Labute approximate surface area is 102 Å². The van der Waals surface area contributed by atoms with Crippen molar-refractivity contribution in [2.75, 3.05) is 11.1 Å². The minimum Gasteiger partial charge on any atom is -0.212 e. The van der Waals surface area contributed by atoms with Crippen LogP contribution < -0.4 is 4.72 Å². The van der Waals surface area contributed by atoms with Crippen LogP contribution in [0.2, 0.25) is 0 Å². The number of halogens is 1. The van der Waals surface area contributed by atoms with Crippen LogP contribution in [0, 0.1) is 5.92 Å². The Morgan fingerprint density at radius 2 is 1.73 bits per heavy atom. The second-order valence-electron chi connectivity index (χ2n) is 4.40. The molecule has 0 saturated carbocycles. The summed E-state index contributed by atoms with van der Waals surface area (Å²) in [5, 5.41) is 0.657. The van der Waals surface area contributed by atoms with Crippen molar-refractivity contribution in [2.45, 2.75) is 46.1 Å². The molecule has 0 aliphatic heterocycles. The van der Waals surface area contributed by atoms with E-state index in [1.54, 1.807) is 0 Å². The molecular weight excluding hydrogens is 278 g/mol. The third-order valence-corrected chi connectivity index (χ3v) is 5.46. The summed E-state index contributed by atoms with van der Waals surface area (Å²) >= 11 is 3.39. The highest BCUT2D eigenvalue weighted by Gasteiger charge is 2.30. The zero-order valence-electron chi connectivity index (χ0n) is 10.0. The lowest BCUT2D eigenvalue weighted by atomic mass is 9.97. The molecule has 0 unspecified atom stereocenters. The molecule has 0 aliphatic carbocycles. The Balaban J connectivity index is 4.67. The van der Waals surface area contributed by atoms with Crippen LogP contribution in [0.3, 0.4) is 0 Å². The summed E-state index contributed by atoms with van der Waals surface area (Å²) in [7, 11) is -3.15. The van der Waals surface area contributed by atoms with E-state index >= 15 is 0 Å². The Morgan fingerprint density at radius 3 is 2.00 bits per heavy atom. The van der Waals surface area contributed by atoms with Crippen LogP contribution in [0.1, 0.15) is 40.5 Å². The summed E-state index contributed by atoms with van der Waals surface area (Å²) in [6.45, 7) is 7.82. The first-order valence-electron chi connectivity index (χ1n) is 5.38. The molecule has 0 radical (unpaired) electrons. The average molecular weight is 300 g/mol. The van der Waals surface area contributed by atoms with Crippen molar-refractivity contribution in [1.29, 1.82) is 0 Å². The molecule has 0 aliphatic rings. The smallest absolute Gasteiger partial charge is 0.212 e. The molecular formula is C10H22BrNO2S.